The molecule has 20 atom stereocenters. The zero-order valence-corrected chi connectivity index (χ0v) is 38.5. The maximum absolute atomic E-state index is 13.3. The summed E-state index contributed by atoms with van der Waals surface area (Å²) in [5.74, 6) is -4.01. The van der Waals surface area contributed by atoms with Crippen LogP contribution in [0, 0.1) is 5.82 Å². The van der Waals surface area contributed by atoms with Crippen molar-refractivity contribution in [2.75, 3.05) is 26.4 Å². The van der Waals surface area contributed by atoms with Crippen LogP contribution in [0.2, 0.25) is 0 Å². The van der Waals surface area contributed by atoms with E-state index < -0.39 is 154 Å². The highest BCUT2D eigenvalue weighted by Gasteiger charge is 2.58. The molecule has 70 heavy (non-hydrogen) atoms. The largest absolute Gasteiger partial charge is 0.394 e. The molecule has 0 radical (unpaired) electrons. The molecular formula is C47H67FN2O20. The van der Waals surface area contributed by atoms with Crippen molar-refractivity contribution in [1.82, 2.24) is 5.32 Å². The molecule has 23 heteroatoms. The van der Waals surface area contributed by atoms with Crippen LogP contribution >= 0.6 is 0 Å². The van der Waals surface area contributed by atoms with Crippen molar-refractivity contribution in [2.24, 2.45) is 5.73 Å². The molecule has 0 spiro atoms. The molecule has 7 rings (SSSR count). The molecule has 15 N–H and O–H groups in total. The molecule has 4 aliphatic rings. The topological polar surface area (TPSA) is 355 Å². The van der Waals surface area contributed by atoms with Gasteiger partial charge in [-0.3, -0.25) is 0 Å². The van der Waals surface area contributed by atoms with Gasteiger partial charge in [0.2, 0.25) is 0 Å². The van der Waals surface area contributed by atoms with Crippen LogP contribution in [0.1, 0.15) is 30.5 Å². The van der Waals surface area contributed by atoms with Crippen LogP contribution in [-0.4, -0.2) is 209 Å². The summed E-state index contributed by atoms with van der Waals surface area (Å²) in [6, 6.07) is 21.5. The number of rotatable bonds is 17. The molecule has 0 aliphatic carbocycles. The van der Waals surface area contributed by atoms with E-state index >= 15 is 0 Å². The van der Waals surface area contributed by atoms with Crippen molar-refractivity contribution >= 4 is 0 Å². The Kier molecular flexibility index (Phi) is 20.1. The number of ether oxygens (including phenoxy) is 8. The molecule has 4 aliphatic heterocycles. The van der Waals surface area contributed by atoms with E-state index in [4.69, 9.17) is 43.6 Å². The van der Waals surface area contributed by atoms with Gasteiger partial charge in [-0.1, -0.05) is 72.8 Å². The Morgan fingerprint density at radius 3 is 1.36 bits per heavy atom. The summed E-state index contributed by atoms with van der Waals surface area (Å²) in [7, 11) is 0. The molecule has 4 fully saturated rings. The van der Waals surface area contributed by atoms with Gasteiger partial charge in [0.1, 0.15) is 91.3 Å². The van der Waals surface area contributed by atoms with E-state index in [1.807, 2.05) is 60.7 Å². The minimum Gasteiger partial charge on any atom is -0.394 e. The molecule has 0 aromatic heterocycles. The van der Waals surface area contributed by atoms with Gasteiger partial charge >= 0.3 is 0 Å². The van der Waals surface area contributed by atoms with Crippen LogP contribution in [0.15, 0.2) is 84.9 Å². The standard InChI is InChI=1S/C27H36FNO10.C20H31NO10/c1-27(25(24(35)22(33)19(13-31)38-27)36-14-16-5-3-2-4-6-16)39-26-20(23(34)21(32)18(12-30)37-26)29-11-15-7-9-17(28)10-8-15;1-20(31-19-13(21)16(26)14(24)11(7-22)29-19)18(17(27)15(25)12(8-23)30-20)28-9-10-5-3-2-4-6-10/h2-10,18-26,29-35H,11-14H2,1H3;2-6,11-19,22-27H,7-9,21H2,1H3/t18?,19?,20?,21-,22-,23?,24+,25?,26-,27-;11?,12?,13?,14-,15-,16?,17+,18?,19-,20-/m11/s1. The van der Waals surface area contributed by atoms with Crippen LogP contribution in [0.4, 0.5) is 4.39 Å². The van der Waals surface area contributed by atoms with Gasteiger partial charge in [0.25, 0.3) is 0 Å². The van der Waals surface area contributed by atoms with Gasteiger partial charge in [-0.2, -0.15) is 0 Å². The first kappa shape index (κ1) is 56.0. The molecule has 22 nitrogen and oxygen atoms in total. The molecule has 10 unspecified atom stereocenters. The van der Waals surface area contributed by atoms with Crippen molar-refractivity contribution in [2.45, 2.75) is 155 Å². The number of aliphatic hydroxyl groups is 12. The third-order valence-corrected chi connectivity index (χ3v) is 12.8. The normalized spacial score (nSPS) is 40.0. The van der Waals surface area contributed by atoms with E-state index in [-0.39, 0.29) is 19.8 Å². The smallest absolute Gasteiger partial charge is 0.197 e. The van der Waals surface area contributed by atoms with Crippen molar-refractivity contribution in [3.63, 3.8) is 0 Å². The molecule has 3 aromatic rings. The fourth-order valence-corrected chi connectivity index (χ4v) is 8.70. The lowest BCUT2D eigenvalue weighted by Crippen LogP contribution is -2.70. The fourth-order valence-electron chi connectivity index (χ4n) is 8.70. The first-order valence-corrected chi connectivity index (χ1v) is 22.8. The molecule has 4 heterocycles. The van der Waals surface area contributed by atoms with Gasteiger partial charge in [-0.15, -0.1) is 0 Å². The molecule has 0 amide bonds. The minimum atomic E-state index is -1.83. The van der Waals surface area contributed by atoms with Crippen LogP contribution in [0.25, 0.3) is 0 Å². The third-order valence-electron chi connectivity index (χ3n) is 12.8. The third kappa shape index (κ3) is 13.1. The minimum absolute atomic E-state index is 0.0275. The average Bonchev–Trinajstić information content (AvgIpc) is 3.36. The summed E-state index contributed by atoms with van der Waals surface area (Å²) in [5, 5.41) is 126. The van der Waals surface area contributed by atoms with Crippen LogP contribution in [0.5, 0.6) is 0 Å². The van der Waals surface area contributed by atoms with E-state index in [0.717, 1.165) is 11.1 Å². The van der Waals surface area contributed by atoms with Gasteiger partial charge in [-0.05, 0) is 42.7 Å². The van der Waals surface area contributed by atoms with E-state index in [0.29, 0.717) is 5.56 Å². The van der Waals surface area contributed by atoms with Crippen molar-refractivity contribution in [1.29, 1.82) is 0 Å². The number of nitrogens with two attached hydrogens (primary N) is 1. The molecular weight excluding hydrogens is 932 g/mol. The quantitative estimate of drug-likeness (QED) is 0.0620. The maximum atomic E-state index is 13.3. The number of hydrogen-bond donors (Lipinski definition) is 14. The van der Waals surface area contributed by atoms with Crippen LogP contribution in [-0.2, 0) is 57.7 Å². The highest BCUT2D eigenvalue weighted by molar-refractivity contribution is 5.17. The number of hydrogen-bond acceptors (Lipinski definition) is 22. The summed E-state index contributed by atoms with van der Waals surface area (Å²) in [4.78, 5) is 0. The van der Waals surface area contributed by atoms with Gasteiger partial charge in [0.15, 0.2) is 24.2 Å². The Bertz CT molecular complexity index is 2000. The van der Waals surface area contributed by atoms with Gasteiger partial charge in [0.05, 0.1) is 51.7 Å². The number of nitrogens with one attached hydrogen (secondary N) is 1. The number of aliphatic hydroxyl groups excluding tert-OH is 12. The van der Waals surface area contributed by atoms with E-state index in [1.165, 1.54) is 26.0 Å². The molecule has 0 saturated carbocycles. The predicted octanol–water partition coefficient (Wildman–Crippen LogP) is -3.66. The second kappa shape index (κ2) is 25.1. The van der Waals surface area contributed by atoms with Crippen molar-refractivity contribution < 1.29 is 104 Å². The number of benzene rings is 3. The van der Waals surface area contributed by atoms with Crippen molar-refractivity contribution in [3.8, 4) is 0 Å². The molecule has 4 saturated heterocycles. The van der Waals surface area contributed by atoms with E-state index in [1.54, 1.807) is 12.1 Å². The molecule has 392 valence electrons. The first-order valence-electron chi connectivity index (χ1n) is 22.8. The molecule has 0 bridgehead atoms. The Labute approximate surface area is 403 Å². The lowest BCUT2D eigenvalue weighted by atomic mass is 9.92. The van der Waals surface area contributed by atoms with Gasteiger partial charge in [0, 0.05) is 6.54 Å². The Hall–Kier alpha value is -3.29. The Balaban J connectivity index is 0.000000236. The average molecular weight is 999 g/mol. The van der Waals surface area contributed by atoms with Gasteiger partial charge in [-0.25, -0.2) is 4.39 Å². The molecule has 3 aromatic carbocycles. The summed E-state index contributed by atoms with van der Waals surface area (Å²) in [6.07, 6.45) is -21.9. The van der Waals surface area contributed by atoms with Crippen LogP contribution < -0.4 is 11.1 Å². The van der Waals surface area contributed by atoms with Gasteiger partial charge < -0.3 is 110 Å². The Morgan fingerprint density at radius 1 is 0.514 bits per heavy atom. The lowest BCUT2D eigenvalue weighted by Gasteiger charge is -2.51. The van der Waals surface area contributed by atoms with E-state index in [9.17, 15) is 65.7 Å². The fraction of sp³-hybridized carbons (Fsp3) is 0.617. The van der Waals surface area contributed by atoms with Crippen LogP contribution in [0.3, 0.4) is 0 Å². The van der Waals surface area contributed by atoms with E-state index in [2.05, 4.69) is 5.32 Å². The zero-order valence-electron chi connectivity index (χ0n) is 38.5. The second-order valence-electron chi connectivity index (χ2n) is 17.9. The number of halogens is 1. The monoisotopic (exact) mass is 998 g/mol. The van der Waals surface area contributed by atoms with Crippen molar-refractivity contribution in [3.05, 3.63) is 107 Å². The summed E-state index contributed by atoms with van der Waals surface area (Å²) in [5.41, 5.74) is 8.18. The Morgan fingerprint density at radius 2 is 0.914 bits per heavy atom. The maximum Gasteiger partial charge on any atom is 0.197 e. The SMILES string of the molecule is C[C@]1(O[C@H]2OC(CO)[C@@H](O)C(O)C2N)OC(CO)[C@@H](O)[C@H](O)C1OCc1ccccc1.C[C@]1(O[C@H]2OC(CO)[C@@H](O)C(O)C2NCc2ccc(F)cc2)OC(CO)[C@@H](O)[C@H](O)C1OCc1ccccc1. The summed E-state index contributed by atoms with van der Waals surface area (Å²) < 4.78 is 60.1. The summed E-state index contributed by atoms with van der Waals surface area (Å²) in [6.45, 7) is 0.592. The first-order chi connectivity index (χ1) is 33.4. The predicted molar refractivity (Wildman–Crippen MR) is 237 cm³/mol. The summed E-state index contributed by atoms with van der Waals surface area (Å²) >= 11 is 0. The highest BCUT2D eigenvalue weighted by atomic mass is 19.1. The highest BCUT2D eigenvalue weighted by Crippen LogP contribution is 2.39. The lowest BCUT2D eigenvalue weighted by molar-refractivity contribution is -0.413. The second-order valence-corrected chi connectivity index (χ2v) is 17.9. The zero-order chi connectivity index (χ0) is 50.9.